The Morgan fingerprint density at radius 3 is 2.61 bits per heavy atom. The van der Waals surface area contributed by atoms with Crippen LogP contribution in [0.3, 0.4) is 0 Å². The molecule has 8 heteroatoms. The number of phenolic OH excluding ortho intramolecular Hbond substituents is 1. The van der Waals surface area contributed by atoms with E-state index in [0.717, 1.165) is 19.3 Å². The number of benzene rings is 1. The van der Waals surface area contributed by atoms with Crippen molar-refractivity contribution in [2.75, 3.05) is 11.9 Å². The van der Waals surface area contributed by atoms with E-state index in [1.54, 1.807) is 6.08 Å². The van der Waals surface area contributed by atoms with Crippen LogP contribution in [0.2, 0.25) is 0 Å². The second-order valence-electron chi connectivity index (χ2n) is 7.17. The lowest BCUT2D eigenvalue weighted by Crippen LogP contribution is -2.17. The van der Waals surface area contributed by atoms with Crippen LogP contribution in [0.4, 0.5) is 19.0 Å². The van der Waals surface area contributed by atoms with Gasteiger partial charge in [-0.15, -0.1) is 0 Å². The molecule has 5 nitrogen and oxygen atoms in total. The van der Waals surface area contributed by atoms with Crippen LogP contribution in [0.1, 0.15) is 60.4 Å². The van der Waals surface area contributed by atoms with Gasteiger partial charge in [0.2, 0.25) is 0 Å². The van der Waals surface area contributed by atoms with Gasteiger partial charge in [-0.2, -0.15) is 23.5 Å². The first-order chi connectivity index (χ1) is 13.4. The highest BCUT2D eigenvalue weighted by atomic mass is 19.4. The normalized spacial score (nSPS) is 17.4. The molecule has 2 heterocycles. The van der Waals surface area contributed by atoms with Gasteiger partial charge in [0.05, 0.1) is 17.3 Å². The van der Waals surface area contributed by atoms with Crippen LogP contribution in [0.25, 0.3) is 5.70 Å². The molecule has 1 aromatic heterocycles. The minimum absolute atomic E-state index is 0.165. The topological polar surface area (TPSA) is 73.9 Å². The van der Waals surface area contributed by atoms with Gasteiger partial charge in [0.1, 0.15) is 11.6 Å². The molecular weight excluding hydrogens is 369 g/mol. The van der Waals surface area contributed by atoms with Crippen molar-refractivity contribution in [3.63, 3.8) is 0 Å². The number of nitrogens with zero attached hydrogens (tertiary/aromatic N) is 3. The molecular formula is C20H19F3N4O. The summed E-state index contributed by atoms with van der Waals surface area (Å²) in [6.07, 6.45) is 1.41. The van der Waals surface area contributed by atoms with Crippen LogP contribution in [0.15, 0.2) is 24.3 Å². The number of halogens is 3. The molecule has 0 spiro atoms. The van der Waals surface area contributed by atoms with Gasteiger partial charge in [0.25, 0.3) is 0 Å². The monoisotopic (exact) mass is 388 g/mol. The third kappa shape index (κ3) is 3.11. The predicted octanol–water partition coefficient (Wildman–Crippen LogP) is 4.84. The first-order valence-electron chi connectivity index (χ1n) is 9.28. The summed E-state index contributed by atoms with van der Waals surface area (Å²) >= 11 is 0. The predicted molar refractivity (Wildman–Crippen MR) is 97.7 cm³/mol. The number of nitriles is 1. The molecule has 1 aliphatic heterocycles. The van der Waals surface area contributed by atoms with E-state index in [2.05, 4.69) is 10.4 Å². The minimum Gasteiger partial charge on any atom is -0.507 e. The molecule has 146 valence electrons. The van der Waals surface area contributed by atoms with E-state index >= 15 is 0 Å². The second kappa shape index (κ2) is 6.89. The molecule has 1 aliphatic carbocycles. The van der Waals surface area contributed by atoms with Crippen LogP contribution in [-0.2, 0) is 6.18 Å². The number of aromatic hydroxyl groups is 1. The smallest absolute Gasteiger partial charge is 0.435 e. The molecule has 0 amide bonds. The molecule has 1 fully saturated rings. The van der Waals surface area contributed by atoms with Gasteiger partial charge in [-0.3, -0.25) is 0 Å². The number of hydrogen-bond donors (Lipinski definition) is 2. The first kappa shape index (κ1) is 18.4. The Morgan fingerprint density at radius 1 is 1.21 bits per heavy atom. The largest absolute Gasteiger partial charge is 0.507 e. The van der Waals surface area contributed by atoms with Crippen LogP contribution >= 0.6 is 0 Å². The zero-order valence-corrected chi connectivity index (χ0v) is 15.1. The zero-order chi connectivity index (χ0) is 19.9. The maximum atomic E-state index is 13.8. The molecule has 2 aromatic rings. The molecule has 0 radical (unpaired) electrons. The van der Waals surface area contributed by atoms with Crippen molar-refractivity contribution in [3.05, 3.63) is 46.7 Å². The van der Waals surface area contributed by atoms with Gasteiger partial charge in [0.15, 0.2) is 5.69 Å². The Labute approximate surface area is 160 Å². The molecule has 4 rings (SSSR count). The van der Waals surface area contributed by atoms with Crippen molar-refractivity contribution < 1.29 is 18.3 Å². The maximum Gasteiger partial charge on any atom is 0.435 e. The molecule has 0 saturated heterocycles. The Balaban J connectivity index is 1.86. The third-order valence-electron chi connectivity index (χ3n) is 5.40. The number of phenols is 1. The number of anilines is 1. The lowest BCUT2D eigenvalue weighted by Gasteiger charge is -2.25. The lowest BCUT2D eigenvalue weighted by atomic mass is 9.83. The van der Waals surface area contributed by atoms with Crippen molar-refractivity contribution in [2.45, 2.75) is 44.2 Å². The van der Waals surface area contributed by atoms with Crippen molar-refractivity contribution in [2.24, 2.45) is 0 Å². The van der Waals surface area contributed by atoms with Crippen molar-refractivity contribution in [3.8, 4) is 11.8 Å². The van der Waals surface area contributed by atoms with E-state index in [4.69, 9.17) is 5.26 Å². The molecule has 2 N–H and O–H groups in total. The van der Waals surface area contributed by atoms with Crippen LogP contribution in [0, 0.1) is 11.3 Å². The van der Waals surface area contributed by atoms with Gasteiger partial charge in [-0.25, -0.2) is 4.68 Å². The molecule has 1 aromatic carbocycles. The van der Waals surface area contributed by atoms with Crippen molar-refractivity contribution >= 4 is 11.5 Å². The average Bonchev–Trinajstić information content (AvgIpc) is 3.09. The summed E-state index contributed by atoms with van der Waals surface area (Å²) in [6, 6.07) is 6.28. The Hall–Kier alpha value is -2.95. The number of hydrogen-bond acceptors (Lipinski definition) is 4. The molecule has 28 heavy (non-hydrogen) atoms. The number of nitrogens with one attached hydrogen (secondary N) is 1. The van der Waals surface area contributed by atoms with Gasteiger partial charge in [-0.1, -0.05) is 19.3 Å². The summed E-state index contributed by atoms with van der Waals surface area (Å²) in [5.41, 5.74) is 0.362. The summed E-state index contributed by atoms with van der Waals surface area (Å²) < 4.78 is 42.6. The highest BCUT2D eigenvalue weighted by molar-refractivity contribution is 5.77. The average molecular weight is 388 g/mol. The van der Waals surface area contributed by atoms with Gasteiger partial charge < -0.3 is 10.4 Å². The van der Waals surface area contributed by atoms with E-state index in [9.17, 15) is 18.3 Å². The summed E-state index contributed by atoms with van der Waals surface area (Å²) in [6.45, 7) is 0.331. The van der Waals surface area contributed by atoms with Gasteiger partial charge in [-0.05, 0) is 43.0 Å². The summed E-state index contributed by atoms with van der Waals surface area (Å²) in [7, 11) is 0. The SMILES string of the molecule is N#Cc1ccc(C2=CCNc3c(C4CCCCC4)c(C(F)(F)F)nn32)c(O)c1. The fourth-order valence-corrected chi connectivity index (χ4v) is 4.13. The Morgan fingerprint density at radius 2 is 1.96 bits per heavy atom. The van der Waals surface area contributed by atoms with Gasteiger partial charge >= 0.3 is 6.18 Å². The maximum absolute atomic E-state index is 13.8. The molecule has 2 aliphatic rings. The minimum atomic E-state index is -4.56. The molecule has 0 bridgehead atoms. The molecule has 1 saturated carbocycles. The lowest BCUT2D eigenvalue weighted by molar-refractivity contribution is -0.142. The summed E-state index contributed by atoms with van der Waals surface area (Å²) in [5.74, 6) is -0.00236. The standard InChI is InChI=1S/C20H19F3N4O/c21-20(22,23)18-17(13-4-2-1-3-5-13)19-25-9-8-15(27(19)26-18)14-7-6-12(11-24)10-16(14)28/h6-8,10,13,25,28H,1-5,9H2. The Bertz CT molecular complexity index is 979. The molecule has 0 atom stereocenters. The van der Waals surface area contributed by atoms with E-state index < -0.39 is 11.9 Å². The van der Waals surface area contributed by atoms with Crippen LogP contribution < -0.4 is 5.32 Å². The number of rotatable bonds is 2. The summed E-state index contributed by atoms with van der Waals surface area (Å²) in [4.78, 5) is 0. The highest BCUT2D eigenvalue weighted by Crippen LogP contribution is 2.46. The number of alkyl halides is 3. The van der Waals surface area contributed by atoms with Crippen LogP contribution in [0.5, 0.6) is 5.75 Å². The fraction of sp³-hybridized carbons (Fsp3) is 0.400. The second-order valence-corrected chi connectivity index (χ2v) is 7.17. The summed E-state index contributed by atoms with van der Waals surface area (Å²) in [5, 5.41) is 26.3. The quantitative estimate of drug-likeness (QED) is 0.772. The van der Waals surface area contributed by atoms with Gasteiger partial charge in [0, 0.05) is 17.7 Å². The Kier molecular flexibility index (Phi) is 4.53. The number of aromatic nitrogens is 2. The first-order valence-corrected chi connectivity index (χ1v) is 9.28. The van der Waals surface area contributed by atoms with Crippen molar-refractivity contribution in [1.82, 2.24) is 9.78 Å². The van der Waals surface area contributed by atoms with E-state index in [1.165, 1.54) is 22.9 Å². The fourth-order valence-electron chi connectivity index (χ4n) is 4.13. The van der Waals surface area contributed by atoms with E-state index in [1.807, 2.05) is 6.07 Å². The van der Waals surface area contributed by atoms with E-state index in [-0.39, 0.29) is 22.8 Å². The van der Waals surface area contributed by atoms with Crippen LogP contribution in [-0.4, -0.2) is 21.4 Å². The third-order valence-corrected chi connectivity index (χ3v) is 5.40. The molecule has 0 unspecified atom stereocenters. The highest BCUT2D eigenvalue weighted by Gasteiger charge is 2.42. The zero-order valence-electron chi connectivity index (χ0n) is 15.1. The van der Waals surface area contributed by atoms with E-state index in [0.29, 0.717) is 36.5 Å². The van der Waals surface area contributed by atoms with Crippen molar-refractivity contribution in [1.29, 1.82) is 5.26 Å². The number of fused-ring (bicyclic) bond motifs is 1.